The molecule has 19 heavy (non-hydrogen) atoms. The maximum absolute atomic E-state index is 11.7. The molecule has 1 unspecified atom stereocenters. The number of nitrogens with one attached hydrogen (secondary N) is 1. The van der Waals surface area contributed by atoms with E-state index in [0.717, 1.165) is 10.2 Å². The van der Waals surface area contributed by atoms with Crippen LogP contribution in [-0.4, -0.2) is 13.1 Å². The molecular weight excluding hydrogens is 326 g/mol. The number of hydrogen-bond donors (Lipinski definition) is 1. The van der Waals surface area contributed by atoms with Gasteiger partial charge in [0.15, 0.2) is 0 Å². The second-order valence-electron chi connectivity index (χ2n) is 4.07. The van der Waals surface area contributed by atoms with Crippen LogP contribution in [0.15, 0.2) is 40.2 Å². The van der Waals surface area contributed by atoms with Crippen molar-refractivity contribution in [2.45, 2.75) is 13.0 Å². The number of hydrogen-bond acceptors (Lipinski definition) is 4. The number of anilines is 1. The fraction of sp³-hybridized carbons (Fsp3) is 0.214. The lowest BCUT2D eigenvalue weighted by Gasteiger charge is -2.16. The molecule has 0 aliphatic rings. The Bertz CT molecular complexity index is 582. The molecule has 0 spiro atoms. The molecule has 0 fully saturated rings. The molecule has 0 bridgehead atoms. The van der Waals surface area contributed by atoms with Crippen LogP contribution in [0.3, 0.4) is 0 Å². The normalized spacial score (nSPS) is 11.9. The fourth-order valence-electron chi connectivity index (χ4n) is 1.76. The molecule has 1 heterocycles. The van der Waals surface area contributed by atoms with E-state index >= 15 is 0 Å². The summed E-state index contributed by atoms with van der Waals surface area (Å²) < 4.78 is 5.86. The number of halogens is 1. The number of methoxy groups -OCH3 is 1. The van der Waals surface area contributed by atoms with E-state index in [1.165, 1.54) is 12.0 Å². The van der Waals surface area contributed by atoms with Gasteiger partial charge in [-0.25, -0.2) is 4.79 Å². The van der Waals surface area contributed by atoms with Crippen LogP contribution >= 0.6 is 27.3 Å². The van der Waals surface area contributed by atoms with Crippen LogP contribution in [0, 0.1) is 0 Å². The smallest absolute Gasteiger partial charge is 0.339 e. The van der Waals surface area contributed by atoms with Crippen molar-refractivity contribution in [3.8, 4) is 0 Å². The van der Waals surface area contributed by atoms with Gasteiger partial charge in [0.2, 0.25) is 0 Å². The first kappa shape index (κ1) is 14.1. The Kier molecular flexibility index (Phi) is 4.61. The minimum Gasteiger partial charge on any atom is -0.465 e. The van der Waals surface area contributed by atoms with E-state index in [9.17, 15) is 4.79 Å². The van der Waals surface area contributed by atoms with Crippen molar-refractivity contribution in [2.24, 2.45) is 0 Å². The Morgan fingerprint density at radius 3 is 2.79 bits per heavy atom. The zero-order valence-corrected chi connectivity index (χ0v) is 13.0. The molecule has 0 radical (unpaired) electrons. The molecule has 100 valence electrons. The van der Waals surface area contributed by atoms with Gasteiger partial charge in [-0.1, -0.05) is 12.1 Å². The number of carbonyl (C=O) groups excluding carboxylic acids is 1. The summed E-state index contributed by atoms with van der Waals surface area (Å²) in [6.07, 6.45) is 0. The molecule has 1 aromatic carbocycles. The van der Waals surface area contributed by atoms with Gasteiger partial charge in [0.05, 0.1) is 18.7 Å². The number of esters is 1. The van der Waals surface area contributed by atoms with Crippen molar-refractivity contribution in [3.05, 3.63) is 50.6 Å². The predicted octanol–water partition coefficient (Wildman–Crippen LogP) is 4.47. The molecule has 3 nitrogen and oxygen atoms in total. The van der Waals surface area contributed by atoms with Crippen LogP contribution < -0.4 is 5.32 Å². The van der Waals surface area contributed by atoms with E-state index in [2.05, 4.69) is 34.2 Å². The van der Waals surface area contributed by atoms with Gasteiger partial charge in [-0.05, 0) is 41.1 Å². The number of para-hydroxylation sites is 1. The van der Waals surface area contributed by atoms with Gasteiger partial charge in [-0.2, -0.15) is 0 Å². The first-order valence-electron chi connectivity index (χ1n) is 5.79. The lowest BCUT2D eigenvalue weighted by atomic mass is 10.1. The van der Waals surface area contributed by atoms with Gasteiger partial charge in [-0.15, -0.1) is 11.3 Å². The SMILES string of the molecule is COC(=O)c1ccccc1NC(C)c1cc(Br)cs1. The average molecular weight is 340 g/mol. The fourth-order valence-corrected chi connectivity index (χ4v) is 3.21. The van der Waals surface area contributed by atoms with E-state index in [0.29, 0.717) is 5.56 Å². The van der Waals surface area contributed by atoms with Crippen LogP contribution in [0.4, 0.5) is 5.69 Å². The zero-order chi connectivity index (χ0) is 13.8. The lowest BCUT2D eigenvalue weighted by Crippen LogP contribution is -2.10. The molecule has 0 amide bonds. The minimum absolute atomic E-state index is 0.127. The summed E-state index contributed by atoms with van der Waals surface area (Å²) in [4.78, 5) is 12.9. The van der Waals surface area contributed by atoms with Gasteiger partial charge in [0, 0.05) is 20.4 Å². The van der Waals surface area contributed by atoms with Crippen LogP contribution in [0.2, 0.25) is 0 Å². The van der Waals surface area contributed by atoms with Crippen molar-refractivity contribution in [1.82, 2.24) is 0 Å². The summed E-state index contributed by atoms with van der Waals surface area (Å²) in [5.74, 6) is -0.331. The molecular formula is C14H14BrNO2S. The minimum atomic E-state index is -0.331. The molecule has 2 rings (SSSR count). The molecule has 0 aliphatic heterocycles. The van der Waals surface area contributed by atoms with Crippen molar-refractivity contribution >= 4 is 38.9 Å². The molecule has 0 saturated carbocycles. The maximum Gasteiger partial charge on any atom is 0.339 e. The topological polar surface area (TPSA) is 38.3 Å². The first-order chi connectivity index (χ1) is 9.11. The Morgan fingerprint density at radius 1 is 1.42 bits per heavy atom. The van der Waals surface area contributed by atoms with Gasteiger partial charge in [0.25, 0.3) is 0 Å². The highest BCUT2D eigenvalue weighted by Gasteiger charge is 2.14. The number of thiophene rings is 1. The summed E-state index contributed by atoms with van der Waals surface area (Å²) in [5.41, 5.74) is 1.33. The van der Waals surface area contributed by atoms with Crippen molar-refractivity contribution in [1.29, 1.82) is 0 Å². The second kappa shape index (κ2) is 6.21. The lowest BCUT2D eigenvalue weighted by molar-refractivity contribution is 0.0602. The van der Waals surface area contributed by atoms with E-state index in [4.69, 9.17) is 4.74 Å². The quantitative estimate of drug-likeness (QED) is 0.835. The monoisotopic (exact) mass is 339 g/mol. The summed E-state index contributed by atoms with van der Waals surface area (Å²) in [6.45, 7) is 2.06. The molecule has 1 aromatic heterocycles. The third-order valence-electron chi connectivity index (χ3n) is 2.72. The van der Waals surface area contributed by atoms with E-state index in [1.54, 1.807) is 17.4 Å². The Hall–Kier alpha value is -1.33. The molecule has 0 saturated heterocycles. The maximum atomic E-state index is 11.7. The summed E-state index contributed by atoms with van der Waals surface area (Å²) in [7, 11) is 1.39. The van der Waals surface area contributed by atoms with Gasteiger partial charge in [0.1, 0.15) is 0 Å². The molecule has 1 atom stereocenters. The highest BCUT2D eigenvalue weighted by Crippen LogP contribution is 2.29. The average Bonchev–Trinajstić information content (AvgIpc) is 2.85. The van der Waals surface area contributed by atoms with Crippen LogP contribution in [-0.2, 0) is 4.74 Å². The van der Waals surface area contributed by atoms with Gasteiger partial charge in [-0.3, -0.25) is 0 Å². The number of benzene rings is 1. The van der Waals surface area contributed by atoms with Crippen LogP contribution in [0.5, 0.6) is 0 Å². The Balaban J connectivity index is 2.21. The number of carbonyl (C=O) groups is 1. The van der Waals surface area contributed by atoms with Gasteiger partial charge < -0.3 is 10.1 Å². The van der Waals surface area contributed by atoms with E-state index in [1.807, 2.05) is 23.6 Å². The number of rotatable bonds is 4. The number of ether oxygens (including phenoxy) is 1. The van der Waals surface area contributed by atoms with Crippen molar-refractivity contribution in [3.63, 3.8) is 0 Å². The Morgan fingerprint density at radius 2 is 2.16 bits per heavy atom. The second-order valence-corrected chi connectivity index (χ2v) is 5.93. The molecule has 5 heteroatoms. The zero-order valence-electron chi connectivity index (χ0n) is 10.6. The van der Waals surface area contributed by atoms with Crippen molar-refractivity contribution < 1.29 is 9.53 Å². The van der Waals surface area contributed by atoms with Gasteiger partial charge >= 0.3 is 5.97 Å². The highest BCUT2D eigenvalue weighted by atomic mass is 79.9. The summed E-state index contributed by atoms with van der Waals surface area (Å²) in [6, 6.07) is 9.55. The summed E-state index contributed by atoms with van der Waals surface area (Å²) >= 11 is 5.11. The van der Waals surface area contributed by atoms with Crippen molar-refractivity contribution in [2.75, 3.05) is 12.4 Å². The van der Waals surface area contributed by atoms with E-state index < -0.39 is 0 Å². The Labute approximate surface area is 124 Å². The third kappa shape index (κ3) is 3.36. The largest absolute Gasteiger partial charge is 0.465 e. The summed E-state index contributed by atoms with van der Waals surface area (Å²) in [5, 5.41) is 5.39. The molecule has 0 aliphatic carbocycles. The predicted molar refractivity (Wildman–Crippen MR) is 81.8 cm³/mol. The first-order valence-corrected chi connectivity index (χ1v) is 7.47. The molecule has 2 aromatic rings. The highest BCUT2D eigenvalue weighted by molar-refractivity contribution is 9.10. The van der Waals surface area contributed by atoms with Crippen LogP contribution in [0.25, 0.3) is 0 Å². The van der Waals surface area contributed by atoms with E-state index in [-0.39, 0.29) is 12.0 Å². The third-order valence-corrected chi connectivity index (χ3v) is 4.60. The standard InChI is InChI=1S/C14H14BrNO2S/c1-9(13-7-10(15)8-19-13)16-12-6-4-3-5-11(12)14(17)18-2/h3-9,16H,1-2H3. The molecule has 1 N–H and O–H groups in total. The van der Waals surface area contributed by atoms with Crippen LogP contribution in [0.1, 0.15) is 28.2 Å².